The van der Waals surface area contributed by atoms with Gasteiger partial charge in [0.2, 0.25) is 0 Å². The molecule has 1 N–H and O–H groups in total. The lowest BCUT2D eigenvalue weighted by Gasteiger charge is -2.10. The number of aliphatic hydroxyl groups excluding tert-OH is 1. The smallest absolute Gasteiger partial charge is 0.129 e. The third-order valence-corrected chi connectivity index (χ3v) is 3.60. The monoisotopic (exact) mass is 256 g/mol. The van der Waals surface area contributed by atoms with E-state index in [0.29, 0.717) is 9.21 Å². The summed E-state index contributed by atoms with van der Waals surface area (Å²) >= 11 is 7.02. The summed E-state index contributed by atoms with van der Waals surface area (Å²) in [7, 11) is 0. The van der Waals surface area contributed by atoms with Crippen molar-refractivity contribution < 1.29 is 9.50 Å². The van der Waals surface area contributed by atoms with Crippen molar-refractivity contribution in [2.75, 3.05) is 0 Å². The Hall–Kier alpha value is -0.900. The van der Waals surface area contributed by atoms with E-state index in [1.807, 2.05) is 0 Å². The molecular weight excluding hydrogens is 247 g/mol. The van der Waals surface area contributed by atoms with Crippen LogP contribution in [0.15, 0.2) is 30.3 Å². The van der Waals surface area contributed by atoms with E-state index in [9.17, 15) is 9.50 Å². The Morgan fingerprint density at radius 2 is 2.06 bits per heavy atom. The molecule has 1 aromatic heterocycles. The van der Waals surface area contributed by atoms with Crippen LogP contribution in [0, 0.1) is 12.7 Å². The zero-order chi connectivity index (χ0) is 11.7. The van der Waals surface area contributed by atoms with Crippen LogP contribution in [0.3, 0.4) is 0 Å². The molecule has 0 aliphatic rings. The Kier molecular flexibility index (Phi) is 3.28. The van der Waals surface area contributed by atoms with Gasteiger partial charge in [0.1, 0.15) is 11.9 Å². The van der Waals surface area contributed by atoms with E-state index in [4.69, 9.17) is 11.6 Å². The number of rotatable bonds is 2. The summed E-state index contributed by atoms with van der Waals surface area (Å²) in [6, 6.07) is 8.18. The van der Waals surface area contributed by atoms with Gasteiger partial charge in [-0.3, -0.25) is 0 Å². The average Bonchev–Trinajstić information content (AvgIpc) is 2.64. The first-order valence-corrected chi connectivity index (χ1v) is 5.96. The minimum atomic E-state index is -0.946. The van der Waals surface area contributed by atoms with Gasteiger partial charge >= 0.3 is 0 Å². The van der Waals surface area contributed by atoms with Gasteiger partial charge in [0.25, 0.3) is 0 Å². The summed E-state index contributed by atoms with van der Waals surface area (Å²) in [5.74, 6) is -0.392. The van der Waals surface area contributed by atoms with Gasteiger partial charge in [0.15, 0.2) is 0 Å². The van der Waals surface area contributed by atoms with Crippen molar-refractivity contribution >= 4 is 22.9 Å². The minimum Gasteiger partial charge on any atom is -0.383 e. The maximum atomic E-state index is 13.6. The second kappa shape index (κ2) is 4.53. The first kappa shape index (κ1) is 11.6. The Morgan fingerprint density at radius 1 is 1.31 bits per heavy atom. The highest BCUT2D eigenvalue weighted by molar-refractivity contribution is 7.16. The lowest BCUT2D eigenvalue weighted by atomic mass is 10.1. The number of halogens is 2. The molecule has 1 heterocycles. The van der Waals surface area contributed by atoms with Crippen molar-refractivity contribution in [3.05, 3.63) is 56.5 Å². The Labute approximate surface area is 102 Å². The van der Waals surface area contributed by atoms with Gasteiger partial charge < -0.3 is 5.11 Å². The maximum absolute atomic E-state index is 13.6. The predicted octanol–water partition coefficient (Wildman–Crippen LogP) is 3.93. The zero-order valence-corrected chi connectivity index (χ0v) is 10.1. The molecule has 0 spiro atoms. The van der Waals surface area contributed by atoms with E-state index in [1.54, 1.807) is 31.2 Å². The van der Waals surface area contributed by atoms with Gasteiger partial charge in [0, 0.05) is 10.4 Å². The molecule has 0 amide bonds. The second-order valence-corrected chi connectivity index (χ2v) is 5.32. The second-order valence-electron chi connectivity index (χ2n) is 3.57. The lowest BCUT2D eigenvalue weighted by Crippen LogP contribution is -2.00. The van der Waals surface area contributed by atoms with Crippen LogP contribution >= 0.6 is 22.9 Å². The van der Waals surface area contributed by atoms with Crippen LogP contribution in [-0.4, -0.2) is 5.11 Å². The van der Waals surface area contributed by atoms with E-state index in [0.717, 1.165) is 5.56 Å². The molecule has 0 saturated carbocycles. The van der Waals surface area contributed by atoms with Gasteiger partial charge in [-0.25, -0.2) is 4.39 Å². The molecule has 0 fully saturated rings. The van der Waals surface area contributed by atoms with Crippen LogP contribution in [-0.2, 0) is 0 Å². The van der Waals surface area contributed by atoms with Crippen LogP contribution in [0.2, 0.25) is 4.34 Å². The first-order valence-electron chi connectivity index (χ1n) is 4.77. The van der Waals surface area contributed by atoms with E-state index >= 15 is 0 Å². The molecule has 0 bridgehead atoms. The summed E-state index contributed by atoms with van der Waals surface area (Å²) in [4.78, 5) is 0.646. The predicted molar refractivity (Wildman–Crippen MR) is 64.5 cm³/mol. The van der Waals surface area contributed by atoms with Crippen molar-refractivity contribution in [1.29, 1.82) is 0 Å². The molecule has 1 atom stereocenters. The quantitative estimate of drug-likeness (QED) is 0.863. The largest absolute Gasteiger partial charge is 0.383 e. The van der Waals surface area contributed by atoms with Gasteiger partial charge in [-0.15, -0.1) is 11.3 Å². The first-order chi connectivity index (χ1) is 7.58. The van der Waals surface area contributed by atoms with E-state index < -0.39 is 11.9 Å². The highest BCUT2D eigenvalue weighted by Crippen LogP contribution is 2.32. The Bertz CT molecular complexity index is 509. The number of aliphatic hydroxyl groups is 1. The summed E-state index contributed by atoms with van der Waals surface area (Å²) in [6.45, 7) is 1.81. The van der Waals surface area contributed by atoms with E-state index in [1.165, 1.54) is 17.4 Å². The molecule has 0 radical (unpaired) electrons. The average molecular weight is 257 g/mol. The number of benzene rings is 1. The SMILES string of the molecule is Cc1ccc(C(O)c2ccc(Cl)s2)c(F)c1. The Balaban J connectivity index is 2.37. The van der Waals surface area contributed by atoms with Gasteiger partial charge in [0.05, 0.1) is 4.34 Å². The molecule has 2 aromatic rings. The van der Waals surface area contributed by atoms with E-state index in [2.05, 4.69) is 0 Å². The summed E-state index contributed by atoms with van der Waals surface area (Å²) in [6.07, 6.45) is -0.946. The molecule has 4 heteroatoms. The molecule has 2 rings (SSSR count). The number of hydrogen-bond acceptors (Lipinski definition) is 2. The van der Waals surface area contributed by atoms with E-state index in [-0.39, 0.29) is 5.56 Å². The number of thiophene rings is 1. The number of hydrogen-bond donors (Lipinski definition) is 1. The topological polar surface area (TPSA) is 20.2 Å². The molecular formula is C12H10ClFOS. The fourth-order valence-electron chi connectivity index (χ4n) is 1.48. The van der Waals surface area contributed by atoms with Crippen molar-refractivity contribution in [2.24, 2.45) is 0 Å². The normalized spacial score (nSPS) is 12.8. The number of aryl methyl sites for hydroxylation is 1. The van der Waals surface area contributed by atoms with Crippen LogP contribution in [0.5, 0.6) is 0 Å². The van der Waals surface area contributed by atoms with Crippen LogP contribution < -0.4 is 0 Å². The van der Waals surface area contributed by atoms with Gasteiger partial charge in [-0.2, -0.15) is 0 Å². The molecule has 84 valence electrons. The summed E-state index contributed by atoms with van der Waals surface area (Å²) in [5.41, 5.74) is 1.11. The molecule has 0 aliphatic heterocycles. The molecule has 1 unspecified atom stereocenters. The summed E-state index contributed by atoms with van der Waals surface area (Å²) < 4.78 is 14.2. The van der Waals surface area contributed by atoms with Crippen molar-refractivity contribution in [2.45, 2.75) is 13.0 Å². The zero-order valence-electron chi connectivity index (χ0n) is 8.58. The molecule has 16 heavy (non-hydrogen) atoms. The molecule has 0 aliphatic carbocycles. The third-order valence-electron chi connectivity index (χ3n) is 2.31. The van der Waals surface area contributed by atoms with Crippen LogP contribution in [0.1, 0.15) is 22.1 Å². The fraction of sp³-hybridized carbons (Fsp3) is 0.167. The third kappa shape index (κ3) is 2.26. The highest BCUT2D eigenvalue weighted by atomic mass is 35.5. The van der Waals surface area contributed by atoms with Gasteiger partial charge in [-0.1, -0.05) is 23.7 Å². The Morgan fingerprint density at radius 3 is 2.62 bits per heavy atom. The minimum absolute atomic E-state index is 0.282. The fourth-order valence-corrected chi connectivity index (χ4v) is 2.55. The van der Waals surface area contributed by atoms with Crippen molar-refractivity contribution in [3.8, 4) is 0 Å². The van der Waals surface area contributed by atoms with Crippen LogP contribution in [0.4, 0.5) is 4.39 Å². The highest BCUT2D eigenvalue weighted by Gasteiger charge is 2.16. The molecule has 1 aromatic carbocycles. The standard InChI is InChI=1S/C12H10ClFOS/c1-7-2-3-8(9(14)6-7)12(15)10-4-5-11(13)16-10/h2-6,12,15H,1H3. The van der Waals surface area contributed by atoms with Gasteiger partial charge in [-0.05, 0) is 30.7 Å². The summed E-state index contributed by atoms with van der Waals surface area (Å²) in [5, 5.41) is 9.99. The van der Waals surface area contributed by atoms with Crippen LogP contribution in [0.25, 0.3) is 0 Å². The lowest BCUT2D eigenvalue weighted by molar-refractivity contribution is 0.218. The maximum Gasteiger partial charge on any atom is 0.129 e. The van der Waals surface area contributed by atoms with Crippen molar-refractivity contribution in [1.82, 2.24) is 0 Å². The van der Waals surface area contributed by atoms with Crippen molar-refractivity contribution in [3.63, 3.8) is 0 Å². The molecule has 1 nitrogen and oxygen atoms in total. The molecule has 0 saturated heterocycles.